The molecule has 1 fully saturated rings. The number of ether oxygens (including phenoxy) is 1. The van der Waals surface area contributed by atoms with Gasteiger partial charge in [-0.15, -0.1) is 0 Å². The van der Waals surface area contributed by atoms with Gasteiger partial charge in [0.25, 0.3) is 0 Å². The maximum Gasteiger partial charge on any atom is 0.131 e. The molecule has 2 N–H and O–H groups in total. The van der Waals surface area contributed by atoms with Crippen LogP contribution in [0.5, 0.6) is 0 Å². The minimum absolute atomic E-state index is 0.237. The van der Waals surface area contributed by atoms with Crippen molar-refractivity contribution >= 4 is 0 Å². The largest absolute Gasteiger partial charge is 0.374 e. The molecular formula is C14H20F2N2O. The molecule has 2 unspecified atom stereocenters. The summed E-state index contributed by atoms with van der Waals surface area (Å²) >= 11 is 0. The molecule has 19 heavy (non-hydrogen) atoms. The topological polar surface area (TPSA) is 38.5 Å². The van der Waals surface area contributed by atoms with Crippen molar-refractivity contribution in [1.82, 2.24) is 4.90 Å². The van der Waals surface area contributed by atoms with Gasteiger partial charge in [0.2, 0.25) is 0 Å². The lowest BCUT2D eigenvalue weighted by Crippen LogP contribution is -2.48. The van der Waals surface area contributed by atoms with Crippen LogP contribution in [0.4, 0.5) is 8.78 Å². The number of rotatable bonds is 4. The SMILES string of the molecule is CCCN1CCOC(CN)C1c1ccc(F)cc1F. The quantitative estimate of drug-likeness (QED) is 0.910. The van der Waals surface area contributed by atoms with Crippen LogP contribution in [0.25, 0.3) is 0 Å². The van der Waals surface area contributed by atoms with E-state index in [0.717, 1.165) is 25.6 Å². The van der Waals surface area contributed by atoms with E-state index in [9.17, 15) is 8.78 Å². The van der Waals surface area contributed by atoms with Crippen LogP contribution >= 0.6 is 0 Å². The van der Waals surface area contributed by atoms with Gasteiger partial charge in [-0.25, -0.2) is 8.78 Å². The molecule has 0 bridgehead atoms. The van der Waals surface area contributed by atoms with Crippen LogP contribution < -0.4 is 5.73 Å². The van der Waals surface area contributed by atoms with Crippen molar-refractivity contribution in [3.63, 3.8) is 0 Å². The normalized spacial score (nSPS) is 24.6. The molecule has 2 atom stereocenters. The number of hydrogen-bond acceptors (Lipinski definition) is 3. The van der Waals surface area contributed by atoms with Crippen molar-refractivity contribution in [2.75, 3.05) is 26.2 Å². The lowest BCUT2D eigenvalue weighted by molar-refractivity contribution is -0.0686. The van der Waals surface area contributed by atoms with Crippen molar-refractivity contribution in [3.05, 3.63) is 35.4 Å². The molecule has 106 valence electrons. The van der Waals surface area contributed by atoms with Gasteiger partial charge in [0.1, 0.15) is 11.6 Å². The second kappa shape index (κ2) is 6.41. The van der Waals surface area contributed by atoms with E-state index in [4.69, 9.17) is 10.5 Å². The summed E-state index contributed by atoms with van der Waals surface area (Å²) in [7, 11) is 0. The second-order valence-electron chi connectivity index (χ2n) is 4.79. The first-order chi connectivity index (χ1) is 9.17. The fourth-order valence-electron chi connectivity index (χ4n) is 2.66. The molecule has 5 heteroatoms. The monoisotopic (exact) mass is 270 g/mol. The lowest BCUT2D eigenvalue weighted by atomic mass is 9.97. The fourth-order valence-corrected chi connectivity index (χ4v) is 2.66. The molecule has 0 saturated carbocycles. The van der Waals surface area contributed by atoms with E-state index in [1.165, 1.54) is 12.1 Å². The van der Waals surface area contributed by atoms with Crippen molar-refractivity contribution in [3.8, 4) is 0 Å². The maximum atomic E-state index is 14.0. The van der Waals surface area contributed by atoms with Crippen LogP contribution in [0, 0.1) is 11.6 Å². The summed E-state index contributed by atoms with van der Waals surface area (Å²) in [5.41, 5.74) is 6.18. The lowest BCUT2D eigenvalue weighted by Gasteiger charge is -2.41. The van der Waals surface area contributed by atoms with Crippen LogP contribution in [0.3, 0.4) is 0 Å². The number of halogens is 2. The third-order valence-corrected chi connectivity index (χ3v) is 3.48. The van der Waals surface area contributed by atoms with Gasteiger partial charge in [0.05, 0.1) is 18.8 Å². The second-order valence-corrected chi connectivity index (χ2v) is 4.79. The zero-order valence-corrected chi connectivity index (χ0v) is 11.1. The maximum absolute atomic E-state index is 14.0. The Balaban J connectivity index is 2.33. The highest BCUT2D eigenvalue weighted by molar-refractivity contribution is 5.24. The average Bonchev–Trinajstić information content (AvgIpc) is 2.39. The van der Waals surface area contributed by atoms with Crippen molar-refractivity contribution < 1.29 is 13.5 Å². The van der Waals surface area contributed by atoms with Crippen LogP contribution in [0.2, 0.25) is 0 Å². The molecule has 0 aromatic heterocycles. The number of morpholine rings is 1. The van der Waals surface area contributed by atoms with Crippen LogP contribution in [0.1, 0.15) is 24.9 Å². The first-order valence-electron chi connectivity index (χ1n) is 6.68. The molecule has 1 saturated heterocycles. The average molecular weight is 270 g/mol. The molecule has 3 nitrogen and oxygen atoms in total. The minimum Gasteiger partial charge on any atom is -0.374 e. The number of nitrogens with zero attached hydrogens (tertiary/aromatic N) is 1. The third kappa shape index (κ3) is 3.11. The summed E-state index contributed by atoms with van der Waals surface area (Å²) < 4.78 is 32.7. The summed E-state index contributed by atoms with van der Waals surface area (Å²) in [6.45, 7) is 4.58. The summed E-state index contributed by atoms with van der Waals surface area (Å²) in [5.74, 6) is -1.10. The molecule has 1 heterocycles. The Kier molecular flexibility index (Phi) is 4.85. The molecule has 1 aliphatic rings. The Hall–Kier alpha value is -1.04. The molecular weight excluding hydrogens is 250 g/mol. The molecule has 0 amide bonds. The van der Waals surface area contributed by atoms with Gasteiger partial charge >= 0.3 is 0 Å². The summed E-state index contributed by atoms with van der Waals surface area (Å²) in [4.78, 5) is 2.16. The standard InChI is InChI=1S/C14H20F2N2O/c1-2-5-18-6-7-19-13(9-17)14(18)11-4-3-10(15)8-12(11)16/h3-4,8,13-14H,2,5-7,9,17H2,1H3. The molecule has 1 aromatic carbocycles. The van der Waals surface area contributed by atoms with Crippen molar-refractivity contribution in [2.24, 2.45) is 5.73 Å². The molecule has 1 aromatic rings. The Morgan fingerprint density at radius 2 is 2.21 bits per heavy atom. The number of hydrogen-bond donors (Lipinski definition) is 1. The van der Waals surface area contributed by atoms with E-state index < -0.39 is 11.6 Å². The van der Waals surface area contributed by atoms with Gasteiger partial charge in [-0.2, -0.15) is 0 Å². The first kappa shape index (κ1) is 14.4. The third-order valence-electron chi connectivity index (χ3n) is 3.48. The summed E-state index contributed by atoms with van der Waals surface area (Å²) in [6, 6.07) is 3.46. The van der Waals surface area contributed by atoms with Crippen LogP contribution in [-0.4, -0.2) is 37.2 Å². The predicted octanol–water partition coefficient (Wildman–Crippen LogP) is 2.08. The van der Waals surface area contributed by atoms with Crippen LogP contribution in [0.15, 0.2) is 18.2 Å². The predicted molar refractivity (Wildman–Crippen MR) is 69.8 cm³/mol. The van der Waals surface area contributed by atoms with Gasteiger partial charge in [-0.1, -0.05) is 13.0 Å². The van der Waals surface area contributed by atoms with Crippen molar-refractivity contribution in [2.45, 2.75) is 25.5 Å². The smallest absolute Gasteiger partial charge is 0.131 e. The van der Waals surface area contributed by atoms with E-state index in [0.29, 0.717) is 18.7 Å². The zero-order valence-electron chi connectivity index (χ0n) is 11.1. The van der Waals surface area contributed by atoms with Gasteiger partial charge in [0.15, 0.2) is 0 Å². The van der Waals surface area contributed by atoms with Gasteiger partial charge in [-0.05, 0) is 19.0 Å². The Morgan fingerprint density at radius 3 is 2.84 bits per heavy atom. The Labute approximate surface area is 112 Å². The van der Waals surface area contributed by atoms with E-state index in [1.807, 2.05) is 0 Å². The minimum atomic E-state index is -0.565. The molecule has 2 rings (SSSR count). The number of benzene rings is 1. The summed E-state index contributed by atoms with van der Waals surface area (Å²) in [5, 5.41) is 0. The molecule has 0 aliphatic carbocycles. The van der Waals surface area contributed by atoms with Gasteiger partial charge in [-0.3, -0.25) is 4.90 Å². The van der Waals surface area contributed by atoms with E-state index in [2.05, 4.69) is 11.8 Å². The highest BCUT2D eigenvalue weighted by Crippen LogP contribution is 2.31. The van der Waals surface area contributed by atoms with Crippen molar-refractivity contribution in [1.29, 1.82) is 0 Å². The van der Waals surface area contributed by atoms with Crippen LogP contribution in [-0.2, 0) is 4.74 Å². The van der Waals surface area contributed by atoms with Gasteiger partial charge < -0.3 is 10.5 Å². The molecule has 1 aliphatic heterocycles. The highest BCUT2D eigenvalue weighted by Gasteiger charge is 2.34. The fraction of sp³-hybridized carbons (Fsp3) is 0.571. The molecule has 0 spiro atoms. The highest BCUT2D eigenvalue weighted by atomic mass is 19.1. The molecule has 0 radical (unpaired) electrons. The Morgan fingerprint density at radius 1 is 1.42 bits per heavy atom. The number of nitrogens with two attached hydrogens (primary N) is 1. The Bertz CT molecular complexity index is 426. The summed E-state index contributed by atoms with van der Waals surface area (Å²) in [6.07, 6.45) is 0.719. The van der Waals surface area contributed by atoms with E-state index in [-0.39, 0.29) is 12.1 Å². The van der Waals surface area contributed by atoms with E-state index in [1.54, 1.807) is 0 Å². The first-order valence-corrected chi connectivity index (χ1v) is 6.68. The van der Waals surface area contributed by atoms with E-state index >= 15 is 0 Å². The zero-order chi connectivity index (χ0) is 13.8. The van der Waals surface area contributed by atoms with Gasteiger partial charge in [0, 0.05) is 24.7 Å².